The monoisotopic (exact) mass is 225 g/mol. The van der Waals surface area contributed by atoms with Crippen LogP contribution >= 0.6 is 0 Å². The van der Waals surface area contributed by atoms with Gasteiger partial charge in [-0.2, -0.15) is 0 Å². The highest BCUT2D eigenvalue weighted by molar-refractivity contribution is 5.45. The summed E-state index contributed by atoms with van der Waals surface area (Å²) in [5.74, 6) is 0. The Morgan fingerprint density at radius 1 is 0.941 bits per heavy atom. The molecule has 0 bridgehead atoms. The Morgan fingerprint density at radius 2 is 1.65 bits per heavy atom. The molecular formula is C16H19N. The predicted molar refractivity (Wildman–Crippen MR) is 74.3 cm³/mol. The van der Waals surface area contributed by atoms with Gasteiger partial charge in [-0.25, -0.2) is 0 Å². The predicted octanol–water partition coefficient (Wildman–Crippen LogP) is 4.17. The Morgan fingerprint density at radius 3 is 2.29 bits per heavy atom. The van der Waals surface area contributed by atoms with Gasteiger partial charge in [0.25, 0.3) is 0 Å². The number of anilines is 1. The molecule has 0 unspecified atom stereocenters. The molecular weight excluding hydrogens is 206 g/mol. The average Bonchev–Trinajstić information content (AvgIpc) is 2.38. The van der Waals surface area contributed by atoms with E-state index in [0.29, 0.717) is 0 Å². The summed E-state index contributed by atoms with van der Waals surface area (Å²) in [4.78, 5) is 0. The third-order valence-corrected chi connectivity index (χ3v) is 3.11. The van der Waals surface area contributed by atoms with Crippen LogP contribution in [0, 0.1) is 6.92 Å². The molecule has 0 aliphatic heterocycles. The second kappa shape index (κ2) is 5.53. The van der Waals surface area contributed by atoms with Crippen molar-refractivity contribution in [3.63, 3.8) is 0 Å². The van der Waals surface area contributed by atoms with E-state index in [1.807, 2.05) is 0 Å². The molecule has 0 atom stereocenters. The molecule has 0 spiro atoms. The summed E-state index contributed by atoms with van der Waals surface area (Å²) >= 11 is 0. The fourth-order valence-corrected chi connectivity index (χ4v) is 1.86. The van der Waals surface area contributed by atoms with Crippen molar-refractivity contribution in [3.8, 4) is 0 Å². The molecule has 2 aromatic rings. The maximum atomic E-state index is 3.45. The largest absolute Gasteiger partial charge is 0.381 e. The Kier molecular flexibility index (Phi) is 3.81. The number of aryl methyl sites for hydroxylation is 2. The smallest absolute Gasteiger partial charge is 0.0403 e. The van der Waals surface area contributed by atoms with E-state index >= 15 is 0 Å². The van der Waals surface area contributed by atoms with Crippen LogP contribution in [-0.4, -0.2) is 0 Å². The van der Waals surface area contributed by atoms with Crippen molar-refractivity contribution in [1.29, 1.82) is 0 Å². The lowest BCUT2D eigenvalue weighted by molar-refractivity contribution is 1.11. The average molecular weight is 225 g/mol. The summed E-state index contributed by atoms with van der Waals surface area (Å²) in [5, 5.41) is 3.45. The summed E-state index contributed by atoms with van der Waals surface area (Å²) in [5.41, 5.74) is 5.26. The van der Waals surface area contributed by atoms with Crippen molar-refractivity contribution >= 4 is 5.69 Å². The molecule has 0 amide bonds. The number of rotatable bonds is 4. The van der Waals surface area contributed by atoms with E-state index in [1.54, 1.807) is 0 Å². The van der Waals surface area contributed by atoms with Gasteiger partial charge in [0, 0.05) is 12.2 Å². The van der Waals surface area contributed by atoms with Crippen molar-refractivity contribution in [2.75, 3.05) is 5.32 Å². The van der Waals surface area contributed by atoms with Crippen molar-refractivity contribution in [1.82, 2.24) is 0 Å². The van der Waals surface area contributed by atoms with E-state index in [9.17, 15) is 0 Å². The van der Waals surface area contributed by atoms with E-state index in [-0.39, 0.29) is 0 Å². The highest BCUT2D eigenvalue weighted by Crippen LogP contribution is 2.13. The SMILES string of the molecule is CCc1ccc(NCc2ccccc2C)cc1. The standard InChI is InChI=1S/C16H19N/c1-3-14-8-10-16(11-9-14)17-12-15-7-5-4-6-13(15)2/h4-11,17H,3,12H2,1-2H3. The van der Waals surface area contributed by atoms with Gasteiger partial charge in [0.15, 0.2) is 0 Å². The fourth-order valence-electron chi connectivity index (χ4n) is 1.86. The fraction of sp³-hybridized carbons (Fsp3) is 0.250. The Hall–Kier alpha value is -1.76. The van der Waals surface area contributed by atoms with Crippen molar-refractivity contribution in [2.24, 2.45) is 0 Å². The molecule has 0 fully saturated rings. The summed E-state index contributed by atoms with van der Waals surface area (Å²) in [6, 6.07) is 17.1. The van der Waals surface area contributed by atoms with Crippen molar-refractivity contribution < 1.29 is 0 Å². The summed E-state index contributed by atoms with van der Waals surface area (Å²) < 4.78 is 0. The third-order valence-electron chi connectivity index (χ3n) is 3.11. The molecule has 0 saturated heterocycles. The maximum Gasteiger partial charge on any atom is 0.0403 e. The van der Waals surface area contributed by atoms with E-state index in [2.05, 4.69) is 67.7 Å². The molecule has 2 rings (SSSR count). The zero-order valence-electron chi connectivity index (χ0n) is 10.5. The van der Waals surface area contributed by atoms with Gasteiger partial charge in [-0.15, -0.1) is 0 Å². The van der Waals surface area contributed by atoms with E-state index in [1.165, 1.54) is 22.4 Å². The number of benzene rings is 2. The first-order chi connectivity index (χ1) is 8.29. The quantitative estimate of drug-likeness (QED) is 0.823. The zero-order valence-corrected chi connectivity index (χ0v) is 10.5. The van der Waals surface area contributed by atoms with E-state index in [0.717, 1.165) is 13.0 Å². The second-order valence-electron chi connectivity index (χ2n) is 4.33. The van der Waals surface area contributed by atoms with Gasteiger partial charge >= 0.3 is 0 Å². The van der Waals surface area contributed by atoms with E-state index in [4.69, 9.17) is 0 Å². The first kappa shape index (κ1) is 11.7. The van der Waals surface area contributed by atoms with Gasteiger partial charge in [0.05, 0.1) is 0 Å². The molecule has 17 heavy (non-hydrogen) atoms. The first-order valence-electron chi connectivity index (χ1n) is 6.17. The van der Waals surface area contributed by atoms with Gasteiger partial charge in [-0.3, -0.25) is 0 Å². The highest BCUT2D eigenvalue weighted by Gasteiger charge is 1.97. The molecule has 2 aromatic carbocycles. The van der Waals surface area contributed by atoms with E-state index < -0.39 is 0 Å². The molecule has 0 heterocycles. The summed E-state index contributed by atoms with van der Waals surface area (Å²) in [7, 11) is 0. The zero-order chi connectivity index (χ0) is 12.1. The third kappa shape index (κ3) is 3.10. The molecule has 0 aliphatic rings. The lowest BCUT2D eigenvalue weighted by atomic mass is 10.1. The summed E-state index contributed by atoms with van der Waals surface area (Å²) in [6.07, 6.45) is 1.10. The van der Waals surface area contributed by atoms with Crippen LogP contribution in [0.15, 0.2) is 48.5 Å². The molecule has 0 radical (unpaired) electrons. The Bertz CT molecular complexity index is 471. The lowest BCUT2D eigenvalue weighted by Gasteiger charge is -2.09. The molecule has 1 heteroatoms. The van der Waals surface area contributed by atoms with Crippen molar-refractivity contribution in [2.45, 2.75) is 26.8 Å². The van der Waals surface area contributed by atoms with Gasteiger partial charge in [0.1, 0.15) is 0 Å². The van der Waals surface area contributed by atoms with Crippen molar-refractivity contribution in [3.05, 3.63) is 65.2 Å². The number of hydrogen-bond donors (Lipinski definition) is 1. The van der Waals surface area contributed by atoms with Crippen LogP contribution in [-0.2, 0) is 13.0 Å². The molecule has 1 nitrogen and oxygen atoms in total. The van der Waals surface area contributed by atoms with Crippen LogP contribution < -0.4 is 5.32 Å². The van der Waals surface area contributed by atoms with Crippen LogP contribution in [0.5, 0.6) is 0 Å². The van der Waals surface area contributed by atoms with Crippen LogP contribution in [0.25, 0.3) is 0 Å². The second-order valence-corrected chi connectivity index (χ2v) is 4.33. The van der Waals surface area contributed by atoms with Crippen LogP contribution in [0.1, 0.15) is 23.6 Å². The first-order valence-corrected chi connectivity index (χ1v) is 6.17. The minimum Gasteiger partial charge on any atom is -0.381 e. The topological polar surface area (TPSA) is 12.0 Å². The van der Waals surface area contributed by atoms with Gasteiger partial charge < -0.3 is 5.32 Å². The molecule has 1 N–H and O–H groups in total. The van der Waals surface area contributed by atoms with Gasteiger partial charge in [-0.05, 0) is 42.2 Å². The van der Waals surface area contributed by atoms with Crippen LogP contribution in [0.4, 0.5) is 5.69 Å². The molecule has 0 aliphatic carbocycles. The normalized spacial score (nSPS) is 10.2. The highest BCUT2D eigenvalue weighted by atomic mass is 14.9. The number of hydrogen-bond acceptors (Lipinski definition) is 1. The minimum atomic E-state index is 0.887. The lowest BCUT2D eigenvalue weighted by Crippen LogP contribution is -2.00. The minimum absolute atomic E-state index is 0.887. The Balaban J connectivity index is 2.00. The summed E-state index contributed by atoms with van der Waals surface area (Å²) in [6.45, 7) is 5.21. The van der Waals surface area contributed by atoms with Crippen LogP contribution in [0.3, 0.4) is 0 Å². The van der Waals surface area contributed by atoms with Crippen LogP contribution in [0.2, 0.25) is 0 Å². The van der Waals surface area contributed by atoms with Gasteiger partial charge in [-0.1, -0.05) is 43.3 Å². The Labute approximate surface area is 103 Å². The van der Waals surface area contributed by atoms with Gasteiger partial charge in [0.2, 0.25) is 0 Å². The molecule has 0 saturated carbocycles. The number of nitrogens with one attached hydrogen (secondary N) is 1. The molecule has 88 valence electrons. The maximum absolute atomic E-state index is 3.45. The molecule has 0 aromatic heterocycles.